The Balaban J connectivity index is 2.32. The lowest BCUT2D eigenvalue weighted by Crippen LogP contribution is -2.23. The number of carboxylic acid groups (broad SMARTS) is 1. The van der Waals surface area contributed by atoms with Crippen molar-refractivity contribution in [3.8, 4) is 11.5 Å². The number of hydrogen-bond donors (Lipinski definition) is 2. The highest BCUT2D eigenvalue weighted by Gasteiger charge is 2.22. The van der Waals surface area contributed by atoms with Crippen molar-refractivity contribution in [2.24, 2.45) is 0 Å². The van der Waals surface area contributed by atoms with Crippen LogP contribution in [0.2, 0.25) is 0 Å². The third-order valence-electron chi connectivity index (χ3n) is 2.70. The average Bonchev–Trinajstić information content (AvgIpc) is 2.35. The maximum absolute atomic E-state index is 10.8. The van der Waals surface area contributed by atoms with Gasteiger partial charge >= 0.3 is 5.97 Å². The number of hydrogen-bond acceptors (Lipinski definition) is 4. The third kappa shape index (κ3) is 2.50. The first kappa shape index (κ1) is 11.7. The molecule has 5 heteroatoms. The molecule has 0 spiro atoms. The first-order valence-electron chi connectivity index (χ1n) is 5.50. The lowest BCUT2D eigenvalue weighted by Gasteiger charge is -2.24. The van der Waals surface area contributed by atoms with Crippen LogP contribution in [0.3, 0.4) is 0 Å². The van der Waals surface area contributed by atoms with Crippen LogP contribution >= 0.6 is 0 Å². The molecule has 1 aliphatic heterocycles. The van der Waals surface area contributed by atoms with Crippen LogP contribution in [-0.4, -0.2) is 31.3 Å². The smallest absolute Gasteiger partial charge is 0.305 e. The van der Waals surface area contributed by atoms with Crippen molar-refractivity contribution in [3.05, 3.63) is 23.8 Å². The topological polar surface area (TPSA) is 67.8 Å². The van der Waals surface area contributed by atoms with Gasteiger partial charge in [-0.2, -0.15) is 0 Å². The summed E-state index contributed by atoms with van der Waals surface area (Å²) < 4.78 is 11.0. The van der Waals surface area contributed by atoms with Crippen molar-refractivity contribution in [1.82, 2.24) is 5.32 Å². The Hall–Kier alpha value is -1.75. The van der Waals surface area contributed by atoms with Crippen LogP contribution in [-0.2, 0) is 4.79 Å². The van der Waals surface area contributed by atoms with Gasteiger partial charge in [0.1, 0.15) is 13.2 Å². The molecule has 2 rings (SSSR count). The second kappa shape index (κ2) is 5.05. The molecule has 17 heavy (non-hydrogen) atoms. The van der Waals surface area contributed by atoms with Gasteiger partial charge < -0.3 is 19.9 Å². The Kier molecular flexibility index (Phi) is 3.49. The van der Waals surface area contributed by atoms with Crippen molar-refractivity contribution >= 4 is 5.97 Å². The summed E-state index contributed by atoms with van der Waals surface area (Å²) >= 11 is 0. The van der Waals surface area contributed by atoms with Crippen molar-refractivity contribution in [2.45, 2.75) is 12.5 Å². The number of para-hydroxylation sites is 1. The molecule has 0 fully saturated rings. The zero-order valence-electron chi connectivity index (χ0n) is 9.60. The second-order valence-corrected chi connectivity index (χ2v) is 3.81. The maximum Gasteiger partial charge on any atom is 0.305 e. The van der Waals surface area contributed by atoms with Crippen LogP contribution in [0.25, 0.3) is 0 Å². The minimum Gasteiger partial charge on any atom is -0.486 e. The van der Waals surface area contributed by atoms with Gasteiger partial charge in [-0.3, -0.25) is 4.79 Å². The molecule has 1 unspecified atom stereocenters. The molecule has 0 saturated carbocycles. The molecule has 0 saturated heterocycles. The van der Waals surface area contributed by atoms with E-state index >= 15 is 0 Å². The number of ether oxygens (including phenoxy) is 2. The molecular weight excluding hydrogens is 222 g/mol. The van der Waals surface area contributed by atoms with E-state index in [1.54, 1.807) is 7.05 Å². The lowest BCUT2D eigenvalue weighted by atomic mass is 10.0. The zero-order valence-corrected chi connectivity index (χ0v) is 9.60. The summed E-state index contributed by atoms with van der Waals surface area (Å²) in [6.07, 6.45) is 0.0102. The highest BCUT2D eigenvalue weighted by Crippen LogP contribution is 2.37. The summed E-state index contributed by atoms with van der Waals surface area (Å²) in [5.41, 5.74) is 0.826. The molecule has 2 N–H and O–H groups in total. The van der Waals surface area contributed by atoms with E-state index in [9.17, 15) is 4.79 Å². The molecule has 1 aromatic carbocycles. The Labute approximate surface area is 99.3 Å². The number of fused-ring (bicyclic) bond motifs is 1. The van der Waals surface area contributed by atoms with Gasteiger partial charge in [-0.1, -0.05) is 12.1 Å². The number of benzene rings is 1. The molecule has 0 amide bonds. The van der Waals surface area contributed by atoms with Crippen LogP contribution in [0.15, 0.2) is 18.2 Å². The van der Waals surface area contributed by atoms with Crippen LogP contribution in [0.5, 0.6) is 11.5 Å². The van der Waals surface area contributed by atoms with Gasteiger partial charge in [0, 0.05) is 11.6 Å². The molecule has 0 radical (unpaired) electrons. The van der Waals surface area contributed by atoms with Gasteiger partial charge in [-0.15, -0.1) is 0 Å². The van der Waals surface area contributed by atoms with Crippen molar-refractivity contribution in [3.63, 3.8) is 0 Å². The molecular formula is C12H15NO4. The molecule has 0 aromatic heterocycles. The van der Waals surface area contributed by atoms with Crippen LogP contribution < -0.4 is 14.8 Å². The second-order valence-electron chi connectivity index (χ2n) is 3.81. The SMILES string of the molecule is CNC(CC(=O)O)c1cccc2c1OCCO2. The third-order valence-corrected chi connectivity index (χ3v) is 2.70. The molecule has 1 aromatic rings. The van der Waals surface area contributed by atoms with Crippen LogP contribution in [0.1, 0.15) is 18.0 Å². The van der Waals surface area contributed by atoms with Crippen molar-refractivity contribution in [1.29, 1.82) is 0 Å². The molecule has 1 aliphatic rings. The fourth-order valence-electron chi connectivity index (χ4n) is 1.91. The van der Waals surface area contributed by atoms with E-state index < -0.39 is 5.97 Å². The fourth-order valence-corrected chi connectivity index (χ4v) is 1.91. The van der Waals surface area contributed by atoms with E-state index in [-0.39, 0.29) is 12.5 Å². The highest BCUT2D eigenvalue weighted by atomic mass is 16.6. The van der Waals surface area contributed by atoms with Crippen molar-refractivity contribution in [2.75, 3.05) is 20.3 Å². The predicted molar refractivity (Wildman–Crippen MR) is 61.5 cm³/mol. The number of nitrogens with one attached hydrogen (secondary N) is 1. The summed E-state index contributed by atoms with van der Waals surface area (Å²) in [7, 11) is 1.73. The molecule has 92 valence electrons. The van der Waals surface area contributed by atoms with E-state index in [1.807, 2.05) is 18.2 Å². The van der Waals surface area contributed by atoms with Crippen molar-refractivity contribution < 1.29 is 19.4 Å². The number of carboxylic acids is 1. The Morgan fingerprint density at radius 2 is 2.24 bits per heavy atom. The fraction of sp³-hybridized carbons (Fsp3) is 0.417. The minimum atomic E-state index is -0.848. The first-order valence-corrected chi connectivity index (χ1v) is 5.50. The van der Waals surface area contributed by atoms with E-state index in [0.29, 0.717) is 24.7 Å². The Bertz CT molecular complexity index is 419. The van der Waals surface area contributed by atoms with Gasteiger partial charge in [0.15, 0.2) is 11.5 Å². The molecule has 1 atom stereocenters. The van der Waals surface area contributed by atoms with E-state index in [1.165, 1.54) is 0 Å². The van der Waals surface area contributed by atoms with Gasteiger partial charge in [0.25, 0.3) is 0 Å². The monoisotopic (exact) mass is 237 g/mol. The minimum absolute atomic E-state index is 0.0102. The number of aliphatic carboxylic acids is 1. The predicted octanol–water partition coefficient (Wildman–Crippen LogP) is 1.19. The average molecular weight is 237 g/mol. The lowest BCUT2D eigenvalue weighted by molar-refractivity contribution is -0.137. The van der Waals surface area contributed by atoms with E-state index in [0.717, 1.165) is 5.56 Å². The van der Waals surface area contributed by atoms with Gasteiger partial charge in [-0.25, -0.2) is 0 Å². The van der Waals surface area contributed by atoms with Crippen LogP contribution in [0.4, 0.5) is 0 Å². The maximum atomic E-state index is 10.8. The van der Waals surface area contributed by atoms with E-state index in [4.69, 9.17) is 14.6 Å². The number of carbonyl (C=O) groups is 1. The molecule has 0 aliphatic carbocycles. The quantitative estimate of drug-likeness (QED) is 0.823. The summed E-state index contributed by atoms with van der Waals surface area (Å²) in [5.74, 6) is 0.484. The van der Waals surface area contributed by atoms with Crippen LogP contribution in [0, 0.1) is 0 Å². The summed E-state index contributed by atoms with van der Waals surface area (Å²) in [4.78, 5) is 10.8. The molecule has 1 heterocycles. The molecule has 0 bridgehead atoms. The summed E-state index contributed by atoms with van der Waals surface area (Å²) in [5, 5.41) is 11.9. The zero-order chi connectivity index (χ0) is 12.3. The Morgan fingerprint density at radius 1 is 1.47 bits per heavy atom. The standard InChI is InChI=1S/C12H15NO4/c1-13-9(7-11(14)15)8-3-2-4-10-12(8)17-6-5-16-10/h2-4,9,13H,5-7H2,1H3,(H,14,15). The summed E-state index contributed by atoms with van der Waals surface area (Å²) in [6.45, 7) is 1.02. The van der Waals surface area contributed by atoms with Gasteiger partial charge in [-0.05, 0) is 13.1 Å². The van der Waals surface area contributed by atoms with Gasteiger partial charge in [0.2, 0.25) is 0 Å². The Morgan fingerprint density at radius 3 is 2.94 bits per heavy atom. The van der Waals surface area contributed by atoms with E-state index in [2.05, 4.69) is 5.32 Å². The largest absolute Gasteiger partial charge is 0.486 e. The normalized spacial score (nSPS) is 15.4. The summed E-state index contributed by atoms with van der Waals surface area (Å²) in [6, 6.07) is 5.25. The first-order chi connectivity index (χ1) is 8.22. The van der Waals surface area contributed by atoms with Gasteiger partial charge in [0.05, 0.1) is 6.42 Å². The number of rotatable bonds is 4. The highest BCUT2D eigenvalue weighted by molar-refractivity contribution is 5.68. The molecule has 5 nitrogen and oxygen atoms in total.